The van der Waals surface area contributed by atoms with Gasteiger partial charge >= 0.3 is 0 Å². The summed E-state index contributed by atoms with van der Waals surface area (Å²) >= 11 is 1.59. The zero-order valence-corrected chi connectivity index (χ0v) is 18.0. The standard InChI is InChI=1S/C24H23N3O3S/c1-17-25-19(16-31-17)15-30-22-10-5-2-7-18(22)12-13-23(28)26-20-8-3-4-9-21(20)27-14-6-11-24(27)29/h2-5,7-10,12-13,16H,6,11,14-15H2,1H3,(H,26,28)/b13-12+. The molecule has 7 heteroatoms. The first kappa shape index (κ1) is 20.8. The largest absolute Gasteiger partial charge is 0.487 e. The molecule has 1 fully saturated rings. The molecule has 3 aromatic rings. The molecule has 1 aromatic heterocycles. The van der Waals surface area contributed by atoms with E-state index in [2.05, 4.69) is 10.3 Å². The summed E-state index contributed by atoms with van der Waals surface area (Å²) < 4.78 is 5.90. The second-order valence-electron chi connectivity index (χ2n) is 7.17. The minimum atomic E-state index is -0.274. The summed E-state index contributed by atoms with van der Waals surface area (Å²) in [7, 11) is 0. The summed E-state index contributed by atoms with van der Waals surface area (Å²) in [6.07, 6.45) is 4.57. The highest BCUT2D eigenvalue weighted by Gasteiger charge is 2.23. The Balaban J connectivity index is 1.44. The number of hydrogen-bond donors (Lipinski definition) is 1. The summed E-state index contributed by atoms with van der Waals surface area (Å²) in [6, 6.07) is 14.9. The van der Waals surface area contributed by atoms with Crippen LogP contribution in [0, 0.1) is 6.92 Å². The Morgan fingerprint density at radius 1 is 1.23 bits per heavy atom. The molecule has 2 amide bonds. The van der Waals surface area contributed by atoms with Gasteiger partial charge in [0.1, 0.15) is 12.4 Å². The van der Waals surface area contributed by atoms with E-state index < -0.39 is 0 Å². The molecule has 1 N–H and O–H groups in total. The SMILES string of the molecule is Cc1nc(COc2ccccc2/C=C/C(=O)Nc2ccccc2N2CCCC2=O)cs1. The lowest BCUT2D eigenvalue weighted by Gasteiger charge is -2.19. The zero-order valence-electron chi connectivity index (χ0n) is 17.2. The number of amides is 2. The molecule has 0 aliphatic carbocycles. The lowest BCUT2D eigenvalue weighted by atomic mass is 10.2. The normalized spacial score (nSPS) is 13.7. The minimum absolute atomic E-state index is 0.0821. The van der Waals surface area contributed by atoms with Crippen molar-refractivity contribution in [1.82, 2.24) is 4.98 Å². The number of nitrogens with zero attached hydrogens (tertiary/aromatic N) is 2. The third-order valence-electron chi connectivity index (χ3n) is 4.90. The Hall–Kier alpha value is -3.45. The van der Waals surface area contributed by atoms with Gasteiger partial charge in [0, 0.05) is 30.0 Å². The molecular formula is C24H23N3O3S. The zero-order chi connectivity index (χ0) is 21.6. The van der Waals surface area contributed by atoms with E-state index in [0.717, 1.165) is 28.4 Å². The van der Waals surface area contributed by atoms with Crippen LogP contribution in [0.1, 0.15) is 29.1 Å². The van der Waals surface area contributed by atoms with E-state index in [0.29, 0.717) is 31.0 Å². The maximum Gasteiger partial charge on any atom is 0.248 e. The number of nitrogens with one attached hydrogen (secondary N) is 1. The predicted octanol–water partition coefficient (Wildman–Crippen LogP) is 4.81. The fourth-order valence-electron chi connectivity index (χ4n) is 3.43. The Morgan fingerprint density at radius 2 is 2.03 bits per heavy atom. The van der Waals surface area contributed by atoms with Gasteiger partial charge in [-0.3, -0.25) is 9.59 Å². The third kappa shape index (κ3) is 5.19. The molecule has 1 saturated heterocycles. The molecule has 6 nitrogen and oxygen atoms in total. The Labute approximate surface area is 185 Å². The molecule has 158 valence electrons. The number of para-hydroxylation sites is 3. The van der Waals surface area contributed by atoms with Crippen LogP contribution in [-0.4, -0.2) is 23.3 Å². The fourth-order valence-corrected chi connectivity index (χ4v) is 4.03. The van der Waals surface area contributed by atoms with Crippen LogP contribution in [0.25, 0.3) is 6.08 Å². The maximum atomic E-state index is 12.6. The van der Waals surface area contributed by atoms with E-state index in [9.17, 15) is 9.59 Å². The molecule has 0 atom stereocenters. The van der Waals surface area contributed by atoms with Gasteiger partial charge in [0.2, 0.25) is 11.8 Å². The van der Waals surface area contributed by atoms with Gasteiger partial charge < -0.3 is 15.0 Å². The van der Waals surface area contributed by atoms with E-state index in [-0.39, 0.29) is 11.8 Å². The second-order valence-corrected chi connectivity index (χ2v) is 8.24. The molecule has 0 bridgehead atoms. The minimum Gasteiger partial charge on any atom is -0.487 e. The summed E-state index contributed by atoms with van der Waals surface area (Å²) in [5, 5.41) is 5.86. The van der Waals surface area contributed by atoms with Crippen molar-refractivity contribution in [3.8, 4) is 5.75 Å². The molecule has 0 spiro atoms. The molecule has 1 aliphatic heterocycles. The van der Waals surface area contributed by atoms with Crippen LogP contribution in [0.4, 0.5) is 11.4 Å². The van der Waals surface area contributed by atoms with E-state index in [4.69, 9.17) is 4.74 Å². The number of rotatable bonds is 7. The highest BCUT2D eigenvalue weighted by molar-refractivity contribution is 7.09. The van der Waals surface area contributed by atoms with Crippen molar-refractivity contribution in [1.29, 1.82) is 0 Å². The van der Waals surface area contributed by atoms with Crippen LogP contribution >= 0.6 is 11.3 Å². The number of thiazole rings is 1. The van der Waals surface area contributed by atoms with Crippen LogP contribution in [0.15, 0.2) is 60.0 Å². The number of anilines is 2. The number of benzene rings is 2. The quantitative estimate of drug-likeness (QED) is 0.543. The molecule has 0 saturated carbocycles. The lowest BCUT2D eigenvalue weighted by Crippen LogP contribution is -2.25. The Kier molecular flexibility index (Phi) is 6.43. The van der Waals surface area contributed by atoms with Crippen molar-refractivity contribution in [2.75, 3.05) is 16.8 Å². The van der Waals surface area contributed by atoms with Crippen LogP contribution < -0.4 is 15.0 Å². The van der Waals surface area contributed by atoms with Gasteiger partial charge in [0.25, 0.3) is 0 Å². The monoisotopic (exact) mass is 433 g/mol. The summed E-state index contributed by atoms with van der Waals surface area (Å²) in [5.74, 6) is 0.489. The van der Waals surface area contributed by atoms with Crippen molar-refractivity contribution in [3.05, 3.63) is 76.3 Å². The highest BCUT2D eigenvalue weighted by atomic mass is 32.1. The van der Waals surface area contributed by atoms with E-state index in [1.165, 1.54) is 6.08 Å². The summed E-state index contributed by atoms with van der Waals surface area (Å²) in [5.41, 5.74) is 3.03. The van der Waals surface area contributed by atoms with Crippen LogP contribution in [0.3, 0.4) is 0 Å². The molecule has 31 heavy (non-hydrogen) atoms. The van der Waals surface area contributed by atoms with Gasteiger partial charge in [-0.1, -0.05) is 30.3 Å². The van der Waals surface area contributed by atoms with Gasteiger partial charge in [-0.15, -0.1) is 11.3 Å². The smallest absolute Gasteiger partial charge is 0.248 e. The average Bonchev–Trinajstić information content (AvgIpc) is 3.39. The number of aryl methyl sites for hydroxylation is 1. The van der Waals surface area contributed by atoms with E-state index in [1.54, 1.807) is 28.4 Å². The number of carbonyl (C=O) groups is 2. The second kappa shape index (κ2) is 9.57. The molecular weight excluding hydrogens is 410 g/mol. The van der Waals surface area contributed by atoms with Gasteiger partial charge in [-0.2, -0.15) is 0 Å². The molecule has 1 aliphatic rings. The number of aromatic nitrogens is 1. The molecule has 2 heterocycles. The fraction of sp³-hybridized carbons (Fsp3) is 0.208. The van der Waals surface area contributed by atoms with Gasteiger partial charge in [-0.05, 0) is 37.6 Å². The molecule has 4 rings (SSSR count). The number of carbonyl (C=O) groups excluding carboxylic acids is 2. The number of ether oxygens (including phenoxy) is 1. The Bertz CT molecular complexity index is 1120. The van der Waals surface area contributed by atoms with Crippen molar-refractivity contribution in [2.24, 2.45) is 0 Å². The van der Waals surface area contributed by atoms with Gasteiger partial charge in [0.15, 0.2) is 0 Å². The first-order valence-corrected chi connectivity index (χ1v) is 11.0. The first-order valence-electron chi connectivity index (χ1n) is 10.1. The van der Waals surface area contributed by atoms with E-state index >= 15 is 0 Å². The van der Waals surface area contributed by atoms with Crippen molar-refractivity contribution in [3.63, 3.8) is 0 Å². The molecule has 0 unspecified atom stereocenters. The predicted molar refractivity (Wildman–Crippen MR) is 123 cm³/mol. The average molecular weight is 434 g/mol. The van der Waals surface area contributed by atoms with Gasteiger partial charge in [-0.25, -0.2) is 4.98 Å². The maximum absolute atomic E-state index is 12.6. The first-order chi connectivity index (χ1) is 15.1. The summed E-state index contributed by atoms with van der Waals surface area (Å²) in [6.45, 7) is 3.00. The van der Waals surface area contributed by atoms with E-state index in [1.807, 2.05) is 54.8 Å². The van der Waals surface area contributed by atoms with Crippen LogP contribution in [-0.2, 0) is 16.2 Å². The van der Waals surface area contributed by atoms with Gasteiger partial charge in [0.05, 0.1) is 22.1 Å². The van der Waals surface area contributed by atoms with Crippen molar-refractivity contribution < 1.29 is 14.3 Å². The molecule has 0 radical (unpaired) electrons. The number of hydrogen-bond acceptors (Lipinski definition) is 5. The topological polar surface area (TPSA) is 71.5 Å². The van der Waals surface area contributed by atoms with Crippen LogP contribution in [0.5, 0.6) is 5.75 Å². The summed E-state index contributed by atoms with van der Waals surface area (Å²) in [4.78, 5) is 30.8. The molecule has 2 aromatic carbocycles. The third-order valence-corrected chi connectivity index (χ3v) is 5.72. The van der Waals surface area contributed by atoms with Crippen molar-refractivity contribution >= 4 is 40.6 Å². The van der Waals surface area contributed by atoms with Crippen molar-refractivity contribution in [2.45, 2.75) is 26.4 Å². The highest BCUT2D eigenvalue weighted by Crippen LogP contribution is 2.29. The lowest BCUT2D eigenvalue weighted by molar-refractivity contribution is -0.117. The Morgan fingerprint density at radius 3 is 2.81 bits per heavy atom. The van der Waals surface area contributed by atoms with Crippen LogP contribution in [0.2, 0.25) is 0 Å².